The summed E-state index contributed by atoms with van der Waals surface area (Å²) in [5, 5.41) is 17.7. The summed E-state index contributed by atoms with van der Waals surface area (Å²) in [6, 6.07) is 13.3. The Morgan fingerprint density at radius 1 is 0.962 bits per heavy atom. The third-order valence-corrected chi connectivity index (χ3v) is 4.55. The number of benzene rings is 2. The molecule has 6 nitrogen and oxygen atoms in total. The number of hydrogen-bond acceptors (Lipinski definition) is 4. The predicted molar refractivity (Wildman–Crippen MR) is 102 cm³/mol. The van der Waals surface area contributed by atoms with Crippen LogP contribution in [0.1, 0.15) is 5.56 Å². The molecule has 0 saturated heterocycles. The minimum Gasteiger partial charge on any atom is -0.231 e. The lowest BCUT2D eigenvalue weighted by atomic mass is 10.1. The van der Waals surface area contributed by atoms with Crippen LogP contribution in [0.15, 0.2) is 48.7 Å². The summed E-state index contributed by atoms with van der Waals surface area (Å²) in [6.45, 7) is 2.01. The molecule has 0 aliphatic rings. The van der Waals surface area contributed by atoms with E-state index in [1.54, 1.807) is 19.2 Å². The Kier molecular flexibility index (Phi) is 4.22. The average Bonchev–Trinajstić information content (AvgIpc) is 3.21. The van der Waals surface area contributed by atoms with Crippen LogP contribution in [-0.2, 0) is 7.05 Å². The fourth-order valence-corrected chi connectivity index (χ4v) is 3.28. The molecule has 0 atom stereocenters. The van der Waals surface area contributed by atoms with Crippen molar-refractivity contribution in [2.45, 2.75) is 6.92 Å². The van der Waals surface area contributed by atoms with Crippen molar-refractivity contribution in [3.8, 4) is 28.3 Å². The first kappa shape index (κ1) is 16.8. The lowest BCUT2D eigenvalue weighted by molar-refractivity contribution is 0.630. The van der Waals surface area contributed by atoms with Gasteiger partial charge in [0.05, 0.1) is 29.6 Å². The van der Waals surface area contributed by atoms with Crippen molar-refractivity contribution in [2.24, 2.45) is 7.05 Å². The van der Waals surface area contributed by atoms with E-state index in [9.17, 15) is 0 Å². The van der Waals surface area contributed by atoms with E-state index < -0.39 is 0 Å². The highest BCUT2D eigenvalue weighted by Gasteiger charge is 2.15. The molecule has 0 fully saturated rings. The Balaban J connectivity index is 1.78. The summed E-state index contributed by atoms with van der Waals surface area (Å²) in [5.41, 5.74) is 4.70. The van der Waals surface area contributed by atoms with E-state index in [-0.39, 0.29) is 0 Å². The molecule has 0 aliphatic carbocycles. The van der Waals surface area contributed by atoms with Gasteiger partial charge in [-0.15, -0.1) is 10.2 Å². The van der Waals surface area contributed by atoms with E-state index >= 15 is 0 Å². The molecule has 0 unspecified atom stereocenters. The monoisotopic (exact) mass is 384 g/mol. The average molecular weight is 385 g/mol. The number of halogens is 2. The Morgan fingerprint density at radius 3 is 2.35 bits per heavy atom. The second kappa shape index (κ2) is 6.55. The first-order valence-electron chi connectivity index (χ1n) is 7.88. The van der Waals surface area contributed by atoms with E-state index in [0.717, 1.165) is 28.1 Å². The fourth-order valence-electron chi connectivity index (χ4n) is 2.79. The molecule has 8 heteroatoms. The van der Waals surface area contributed by atoms with Gasteiger partial charge in [0, 0.05) is 16.1 Å². The lowest BCUT2D eigenvalue weighted by Gasteiger charge is -2.11. The molecular weight excluding hydrogens is 371 g/mol. The Bertz CT molecular complexity index is 1080. The highest BCUT2D eigenvalue weighted by Crippen LogP contribution is 2.31. The van der Waals surface area contributed by atoms with E-state index in [1.807, 2.05) is 48.1 Å². The maximum Gasteiger partial charge on any atom is 0.204 e. The van der Waals surface area contributed by atoms with Crippen molar-refractivity contribution in [2.75, 3.05) is 0 Å². The summed E-state index contributed by atoms with van der Waals surface area (Å²) in [4.78, 5) is 1.44. The molecule has 2 aromatic heterocycles. The van der Waals surface area contributed by atoms with Crippen LogP contribution in [0.3, 0.4) is 0 Å². The van der Waals surface area contributed by atoms with Gasteiger partial charge in [0.1, 0.15) is 0 Å². The molecule has 0 aliphatic heterocycles. The van der Waals surface area contributed by atoms with Gasteiger partial charge in [0.2, 0.25) is 5.82 Å². The van der Waals surface area contributed by atoms with Crippen LogP contribution < -0.4 is 0 Å². The molecule has 4 aromatic rings. The minimum absolute atomic E-state index is 0.544. The van der Waals surface area contributed by atoms with E-state index in [1.165, 1.54) is 4.80 Å². The SMILES string of the molecule is Cc1cnn(-c2ccc(Cl)cc2Cl)c1-c1ccc(-c2nnn(C)n2)cc1. The van der Waals surface area contributed by atoms with Crippen molar-refractivity contribution in [3.05, 3.63) is 64.3 Å². The number of aromatic nitrogens is 6. The summed E-state index contributed by atoms with van der Waals surface area (Å²) in [7, 11) is 1.74. The summed E-state index contributed by atoms with van der Waals surface area (Å²) >= 11 is 12.4. The Hall–Kier alpha value is -2.70. The number of hydrogen-bond donors (Lipinski definition) is 0. The zero-order valence-corrected chi connectivity index (χ0v) is 15.6. The summed E-state index contributed by atoms with van der Waals surface area (Å²) < 4.78 is 1.82. The van der Waals surface area contributed by atoms with Crippen LogP contribution >= 0.6 is 23.2 Å². The largest absolute Gasteiger partial charge is 0.231 e. The first-order valence-corrected chi connectivity index (χ1v) is 8.63. The molecule has 0 saturated carbocycles. The van der Waals surface area contributed by atoms with Crippen LogP contribution in [0.2, 0.25) is 10.0 Å². The van der Waals surface area contributed by atoms with Gasteiger partial charge in [-0.1, -0.05) is 47.5 Å². The molecule has 0 spiro atoms. The van der Waals surface area contributed by atoms with Crippen molar-refractivity contribution in [1.82, 2.24) is 30.0 Å². The zero-order chi connectivity index (χ0) is 18.3. The van der Waals surface area contributed by atoms with Gasteiger partial charge in [0.15, 0.2) is 0 Å². The second-order valence-electron chi connectivity index (χ2n) is 5.86. The standard InChI is InChI=1S/C18H14Cl2N6/c1-11-10-21-26(16-8-7-14(19)9-15(16)20)17(11)12-3-5-13(6-4-12)18-22-24-25(2)23-18/h3-10H,1-2H3. The molecule has 26 heavy (non-hydrogen) atoms. The van der Waals surface area contributed by atoms with Gasteiger partial charge in [-0.2, -0.15) is 9.90 Å². The first-order chi connectivity index (χ1) is 12.5. The Morgan fingerprint density at radius 2 is 1.69 bits per heavy atom. The normalized spacial score (nSPS) is 11.1. The van der Waals surface area contributed by atoms with Crippen molar-refractivity contribution in [1.29, 1.82) is 0 Å². The highest BCUT2D eigenvalue weighted by molar-refractivity contribution is 6.35. The maximum absolute atomic E-state index is 6.37. The van der Waals surface area contributed by atoms with Gasteiger partial charge in [-0.05, 0) is 35.9 Å². The molecule has 0 radical (unpaired) electrons. The smallest absolute Gasteiger partial charge is 0.204 e. The van der Waals surface area contributed by atoms with Gasteiger partial charge >= 0.3 is 0 Å². The van der Waals surface area contributed by atoms with Crippen molar-refractivity contribution < 1.29 is 0 Å². The Labute approximate surface area is 160 Å². The van der Waals surface area contributed by atoms with Gasteiger partial charge < -0.3 is 0 Å². The molecule has 0 bridgehead atoms. The molecule has 2 heterocycles. The number of rotatable bonds is 3. The van der Waals surface area contributed by atoms with Gasteiger partial charge in [-0.25, -0.2) is 4.68 Å². The van der Waals surface area contributed by atoms with Crippen LogP contribution in [0.25, 0.3) is 28.3 Å². The lowest BCUT2D eigenvalue weighted by Crippen LogP contribution is -2.00. The third kappa shape index (κ3) is 2.98. The molecular formula is C18H14Cl2N6. The van der Waals surface area contributed by atoms with Crippen LogP contribution in [-0.4, -0.2) is 30.0 Å². The number of tetrazole rings is 1. The fraction of sp³-hybridized carbons (Fsp3) is 0.111. The minimum atomic E-state index is 0.544. The second-order valence-corrected chi connectivity index (χ2v) is 6.71. The van der Waals surface area contributed by atoms with Crippen molar-refractivity contribution in [3.63, 3.8) is 0 Å². The maximum atomic E-state index is 6.37. The number of aryl methyl sites for hydroxylation is 2. The van der Waals surface area contributed by atoms with Crippen LogP contribution in [0.4, 0.5) is 0 Å². The molecule has 4 rings (SSSR count). The van der Waals surface area contributed by atoms with E-state index in [4.69, 9.17) is 23.2 Å². The molecule has 0 N–H and O–H groups in total. The summed E-state index contributed by atoms with van der Waals surface area (Å²) in [5.74, 6) is 0.588. The van der Waals surface area contributed by atoms with Crippen molar-refractivity contribution >= 4 is 23.2 Å². The van der Waals surface area contributed by atoms with Gasteiger partial charge in [-0.3, -0.25) is 0 Å². The topological polar surface area (TPSA) is 61.4 Å². The highest BCUT2D eigenvalue weighted by atomic mass is 35.5. The summed E-state index contributed by atoms with van der Waals surface area (Å²) in [6.07, 6.45) is 1.82. The van der Waals surface area contributed by atoms with Crippen LogP contribution in [0.5, 0.6) is 0 Å². The quantitative estimate of drug-likeness (QED) is 0.526. The third-order valence-electron chi connectivity index (χ3n) is 4.01. The molecule has 2 aromatic carbocycles. The zero-order valence-electron chi connectivity index (χ0n) is 14.1. The van der Waals surface area contributed by atoms with Gasteiger partial charge in [0.25, 0.3) is 0 Å². The molecule has 0 amide bonds. The van der Waals surface area contributed by atoms with E-state index in [0.29, 0.717) is 15.9 Å². The van der Waals surface area contributed by atoms with E-state index in [2.05, 4.69) is 20.5 Å². The molecule has 130 valence electrons. The number of nitrogens with zero attached hydrogens (tertiary/aromatic N) is 6. The predicted octanol–water partition coefficient (Wildman–Crippen LogP) is 4.35. The van der Waals surface area contributed by atoms with Crippen LogP contribution in [0, 0.1) is 6.92 Å².